The quantitative estimate of drug-likeness (QED) is 0.794. The van der Waals surface area contributed by atoms with Crippen LogP contribution in [-0.2, 0) is 24.2 Å². The van der Waals surface area contributed by atoms with Crippen molar-refractivity contribution in [2.75, 3.05) is 32.7 Å². The molecule has 29 heavy (non-hydrogen) atoms. The predicted octanol–water partition coefficient (Wildman–Crippen LogP) is 1.78. The Bertz CT molecular complexity index is 839. The highest BCUT2D eigenvalue weighted by molar-refractivity contribution is 5.94. The Morgan fingerprint density at radius 1 is 1.03 bits per heavy atom. The third-order valence-corrected chi connectivity index (χ3v) is 5.62. The van der Waals surface area contributed by atoms with E-state index in [0.29, 0.717) is 44.8 Å². The fourth-order valence-electron chi connectivity index (χ4n) is 3.98. The van der Waals surface area contributed by atoms with Gasteiger partial charge in [0.05, 0.1) is 0 Å². The number of fused-ring (bicyclic) bond motifs is 1. The number of aryl methyl sites for hydroxylation is 1. The Balaban J connectivity index is 0.00000240. The summed E-state index contributed by atoms with van der Waals surface area (Å²) in [5.41, 5.74) is 3.77. The minimum atomic E-state index is -0.0280. The van der Waals surface area contributed by atoms with Crippen LogP contribution in [-0.4, -0.2) is 64.5 Å². The highest BCUT2D eigenvalue weighted by atomic mass is 35.5. The summed E-state index contributed by atoms with van der Waals surface area (Å²) in [7, 11) is 0. The van der Waals surface area contributed by atoms with Gasteiger partial charge in [-0.3, -0.25) is 14.7 Å². The zero-order valence-electron chi connectivity index (χ0n) is 16.5. The summed E-state index contributed by atoms with van der Waals surface area (Å²) in [5.74, 6) is 0.138. The maximum atomic E-state index is 13.0. The van der Waals surface area contributed by atoms with Gasteiger partial charge in [-0.1, -0.05) is 30.3 Å². The van der Waals surface area contributed by atoms with Crippen molar-refractivity contribution in [2.45, 2.75) is 32.2 Å². The molecule has 2 aliphatic heterocycles. The fraction of sp³-hybridized carbons (Fsp3) is 0.476. The first-order valence-electron chi connectivity index (χ1n) is 10.1. The van der Waals surface area contributed by atoms with Gasteiger partial charge in [0.15, 0.2) is 5.69 Å². The van der Waals surface area contributed by atoms with E-state index in [2.05, 4.69) is 27.6 Å². The molecule has 2 aromatic rings. The number of nitrogens with one attached hydrogen (secondary N) is 2. The molecule has 0 atom stereocenters. The summed E-state index contributed by atoms with van der Waals surface area (Å²) in [5, 5.41) is 10.6. The summed E-state index contributed by atoms with van der Waals surface area (Å²) in [6.07, 6.45) is 2.94. The van der Waals surface area contributed by atoms with Gasteiger partial charge in [-0.05, 0) is 18.4 Å². The van der Waals surface area contributed by atoms with E-state index in [0.717, 1.165) is 37.1 Å². The molecule has 0 spiro atoms. The Morgan fingerprint density at radius 2 is 1.79 bits per heavy atom. The Morgan fingerprint density at radius 3 is 2.62 bits per heavy atom. The van der Waals surface area contributed by atoms with Crippen molar-refractivity contribution in [3.05, 3.63) is 52.8 Å². The number of carbonyl (C=O) groups excluding carboxylic acids is 2. The number of H-pyrrole nitrogens is 1. The van der Waals surface area contributed by atoms with Crippen LogP contribution in [0.3, 0.4) is 0 Å². The molecule has 2 aliphatic rings. The molecule has 1 fully saturated rings. The van der Waals surface area contributed by atoms with Gasteiger partial charge < -0.3 is 15.1 Å². The van der Waals surface area contributed by atoms with Gasteiger partial charge in [0.25, 0.3) is 5.91 Å². The van der Waals surface area contributed by atoms with Gasteiger partial charge >= 0.3 is 0 Å². The zero-order chi connectivity index (χ0) is 19.3. The first-order valence-corrected chi connectivity index (χ1v) is 10.1. The smallest absolute Gasteiger partial charge is 0.274 e. The zero-order valence-corrected chi connectivity index (χ0v) is 17.3. The third kappa shape index (κ3) is 4.97. The van der Waals surface area contributed by atoms with Crippen LogP contribution in [0.25, 0.3) is 0 Å². The lowest BCUT2D eigenvalue weighted by Crippen LogP contribution is -2.38. The fourth-order valence-corrected chi connectivity index (χ4v) is 3.98. The SMILES string of the molecule is Cl.O=C(CCc1ccccc1)N1CCCN(C(=O)c2n[nH]c3c2CNCC3)CC1. The number of aromatic nitrogens is 2. The van der Waals surface area contributed by atoms with Crippen molar-refractivity contribution < 1.29 is 9.59 Å². The van der Waals surface area contributed by atoms with Gasteiger partial charge in [0, 0.05) is 63.4 Å². The van der Waals surface area contributed by atoms with Crippen molar-refractivity contribution in [1.82, 2.24) is 25.3 Å². The van der Waals surface area contributed by atoms with E-state index < -0.39 is 0 Å². The first-order chi connectivity index (χ1) is 13.7. The van der Waals surface area contributed by atoms with Crippen LogP contribution in [0.2, 0.25) is 0 Å². The van der Waals surface area contributed by atoms with Gasteiger partial charge in [-0.15, -0.1) is 12.4 Å². The van der Waals surface area contributed by atoms with Crippen molar-refractivity contribution in [3.63, 3.8) is 0 Å². The van der Waals surface area contributed by atoms with E-state index in [1.54, 1.807) is 0 Å². The number of halogens is 1. The van der Waals surface area contributed by atoms with Crippen LogP contribution in [0.5, 0.6) is 0 Å². The largest absolute Gasteiger partial charge is 0.341 e. The Hall–Kier alpha value is -2.38. The normalized spacial score (nSPS) is 16.6. The van der Waals surface area contributed by atoms with E-state index in [9.17, 15) is 9.59 Å². The van der Waals surface area contributed by atoms with E-state index in [4.69, 9.17) is 0 Å². The van der Waals surface area contributed by atoms with Crippen molar-refractivity contribution >= 4 is 24.2 Å². The van der Waals surface area contributed by atoms with Gasteiger partial charge in [0.1, 0.15) is 0 Å². The minimum absolute atomic E-state index is 0. The van der Waals surface area contributed by atoms with Crippen molar-refractivity contribution in [3.8, 4) is 0 Å². The van der Waals surface area contributed by atoms with E-state index in [1.165, 1.54) is 5.56 Å². The molecule has 0 bridgehead atoms. The standard InChI is InChI=1S/C21H27N5O2.ClH/c27-19(8-7-16-5-2-1-3-6-16)25-11-4-12-26(14-13-25)21(28)20-17-15-22-10-9-18(17)23-24-20;/h1-3,5-6,22H,4,7-15H2,(H,23,24);1H. The Kier molecular flexibility index (Phi) is 7.28. The summed E-state index contributed by atoms with van der Waals surface area (Å²) in [4.78, 5) is 29.3. The topological polar surface area (TPSA) is 81.3 Å². The maximum absolute atomic E-state index is 13.0. The second kappa shape index (κ2) is 9.89. The predicted molar refractivity (Wildman–Crippen MR) is 113 cm³/mol. The summed E-state index contributed by atoms with van der Waals surface area (Å²) in [6.45, 7) is 4.11. The molecular weight excluding hydrogens is 390 g/mol. The molecule has 0 saturated carbocycles. The van der Waals surface area contributed by atoms with Gasteiger partial charge in [-0.25, -0.2) is 0 Å². The molecule has 2 N–H and O–H groups in total. The Labute approximate surface area is 177 Å². The molecular formula is C21H28ClN5O2. The summed E-state index contributed by atoms with van der Waals surface area (Å²) in [6, 6.07) is 10.1. The lowest BCUT2D eigenvalue weighted by molar-refractivity contribution is -0.131. The minimum Gasteiger partial charge on any atom is -0.341 e. The highest BCUT2D eigenvalue weighted by Gasteiger charge is 2.27. The number of carbonyl (C=O) groups is 2. The lowest BCUT2D eigenvalue weighted by Gasteiger charge is -2.22. The van der Waals surface area contributed by atoms with Crippen LogP contribution in [0.1, 0.15) is 40.2 Å². The molecule has 156 valence electrons. The molecule has 0 aliphatic carbocycles. The van der Waals surface area contributed by atoms with Crippen molar-refractivity contribution in [1.29, 1.82) is 0 Å². The average Bonchev–Trinajstić information content (AvgIpc) is 3.01. The van der Waals surface area contributed by atoms with Crippen LogP contribution >= 0.6 is 12.4 Å². The number of hydrogen-bond acceptors (Lipinski definition) is 4. The van der Waals surface area contributed by atoms with Crippen LogP contribution in [0, 0.1) is 0 Å². The number of benzene rings is 1. The van der Waals surface area contributed by atoms with Crippen LogP contribution in [0.15, 0.2) is 30.3 Å². The molecule has 0 radical (unpaired) electrons. The summed E-state index contributed by atoms with van der Waals surface area (Å²) < 4.78 is 0. The average molecular weight is 418 g/mol. The second-order valence-corrected chi connectivity index (χ2v) is 7.47. The third-order valence-electron chi connectivity index (χ3n) is 5.62. The van der Waals surface area contributed by atoms with Gasteiger partial charge in [0.2, 0.25) is 5.91 Å². The highest BCUT2D eigenvalue weighted by Crippen LogP contribution is 2.18. The van der Waals surface area contributed by atoms with Crippen molar-refractivity contribution in [2.24, 2.45) is 0 Å². The number of hydrogen-bond donors (Lipinski definition) is 2. The molecule has 2 amide bonds. The van der Waals surface area contributed by atoms with E-state index >= 15 is 0 Å². The molecule has 0 unspecified atom stereocenters. The molecule has 3 heterocycles. The van der Waals surface area contributed by atoms with E-state index in [-0.39, 0.29) is 24.2 Å². The molecule has 1 aromatic heterocycles. The number of aromatic amines is 1. The maximum Gasteiger partial charge on any atom is 0.274 e. The number of rotatable bonds is 4. The van der Waals surface area contributed by atoms with Gasteiger partial charge in [-0.2, -0.15) is 5.10 Å². The van der Waals surface area contributed by atoms with Crippen LogP contribution < -0.4 is 5.32 Å². The number of nitrogens with zero attached hydrogens (tertiary/aromatic N) is 3. The van der Waals surface area contributed by atoms with Crippen LogP contribution in [0.4, 0.5) is 0 Å². The number of amides is 2. The monoisotopic (exact) mass is 417 g/mol. The molecule has 8 heteroatoms. The van der Waals surface area contributed by atoms with E-state index in [1.807, 2.05) is 28.0 Å². The summed E-state index contributed by atoms with van der Waals surface area (Å²) >= 11 is 0. The second-order valence-electron chi connectivity index (χ2n) is 7.47. The molecule has 1 saturated heterocycles. The first kappa shape index (κ1) is 21.3. The molecule has 7 nitrogen and oxygen atoms in total. The molecule has 4 rings (SSSR count). The lowest BCUT2D eigenvalue weighted by atomic mass is 10.1. The molecule has 1 aromatic carbocycles.